The zero-order valence-electron chi connectivity index (χ0n) is 11.9. The van der Waals surface area contributed by atoms with Crippen molar-refractivity contribution in [3.8, 4) is 0 Å². The lowest BCUT2D eigenvalue weighted by atomic mass is 10.2. The summed E-state index contributed by atoms with van der Waals surface area (Å²) in [4.78, 5) is 4.61. The van der Waals surface area contributed by atoms with E-state index in [9.17, 15) is 0 Å². The van der Waals surface area contributed by atoms with Gasteiger partial charge < -0.3 is 9.30 Å². The lowest BCUT2D eigenvalue weighted by Crippen LogP contribution is -2.05. The molecule has 1 aromatic carbocycles. The SMILES string of the molecule is COCCCCCn1c(C(C)Cl)nc2cc(Cl)ccc21. The third-order valence-electron chi connectivity index (χ3n) is 3.33. The maximum atomic E-state index is 6.25. The van der Waals surface area contributed by atoms with Crippen LogP contribution >= 0.6 is 23.2 Å². The quantitative estimate of drug-likeness (QED) is 0.542. The maximum Gasteiger partial charge on any atom is 0.127 e. The highest BCUT2D eigenvalue weighted by Gasteiger charge is 2.14. The molecule has 2 aromatic rings. The van der Waals surface area contributed by atoms with Crippen molar-refractivity contribution in [2.45, 2.75) is 38.1 Å². The second kappa shape index (κ2) is 7.30. The minimum atomic E-state index is -0.111. The Bertz CT molecular complexity index is 566. The molecule has 0 spiro atoms. The number of imidazole rings is 1. The summed E-state index contributed by atoms with van der Waals surface area (Å²) in [6.45, 7) is 3.69. The molecule has 3 nitrogen and oxygen atoms in total. The van der Waals surface area contributed by atoms with Gasteiger partial charge in [-0.15, -0.1) is 11.6 Å². The zero-order valence-corrected chi connectivity index (χ0v) is 13.4. The smallest absolute Gasteiger partial charge is 0.127 e. The molecule has 1 atom stereocenters. The second-order valence-corrected chi connectivity index (χ2v) is 6.02. The van der Waals surface area contributed by atoms with Gasteiger partial charge in [-0.2, -0.15) is 0 Å². The maximum absolute atomic E-state index is 6.25. The monoisotopic (exact) mass is 314 g/mol. The molecule has 0 radical (unpaired) electrons. The molecule has 2 rings (SSSR count). The van der Waals surface area contributed by atoms with Crippen molar-refractivity contribution in [2.24, 2.45) is 0 Å². The Labute approximate surface area is 129 Å². The first-order valence-corrected chi connectivity index (χ1v) is 7.73. The molecule has 1 unspecified atom stereocenters. The van der Waals surface area contributed by atoms with Crippen LogP contribution in [0.4, 0.5) is 0 Å². The van der Waals surface area contributed by atoms with Gasteiger partial charge >= 0.3 is 0 Å². The van der Waals surface area contributed by atoms with E-state index in [2.05, 4.69) is 9.55 Å². The fraction of sp³-hybridized carbons (Fsp3) is 0.533. The van der Waals surface area contributed by atoms with Gasteiger partial charge in [0.15, 0.2) is 0 Å². The van der Waals surface area contributed by atoms with Crippen molar-refractivity contribution in [1.82, 2.24) is 9.55 Å². The van der Waals surface area contributed by atoms with Gasteiger partial charge in [-0.3, -0.25) is 0 Å². The van der Waals surface area contributed by atoms with Crippen LogP contribution in [0.15, 0.2) is 18.2 Å². The van der Waals surface area contributed by atoms with Crippen LogP contribution in [0.5, 0.6) is 0 Å². The number of halogens is 2. The van der Waals surface area contributed by atoms with Crippen molar-refractivity contribution < 1.29 is 4.74 Å². The molecule has 0 aliphatic rings. The second-order valence-electron chi connectivity index (χ2n) is 4.92. The van der Waals surface area contributed by atoms with Gasteiger partial charge in [-0.25, -0.2) is 4.98 Å². The van der Waals surface area contributed by atoms with E-state index in [1.165, 1.54) is 0 Å². The fourth-order valence-electron chi connectivity index (χ4n) is 2.35. The normalized spacial score (nSPS) is 13.0. The van der Waals surface area contributed by atoms with Crippen LogP contribution in [0, 0.1) is 0 Å². The number of ether oxygens (including phenoxy) is 1. The molecule has 0 saturated carbocycles. The van der Waals surface area contributed by atoms with Crippen molar-refractivity contribution in [2.75, 3.05) is 13.7 Å². The number of fused-ring (bicyclic) bond motifs is 1. The molecule has 0 N–H and O–H groups in total. The van der Waals surface area contributed by atoms with Gasteiger partial charge in [0.1, 0.15) is 5.82 Å². The molecule has 20 heavy (non-hydrogen) atoms. The molecule has 0 aliphatic heterocycles. The Balaban J connectivity index is 2.18. The highest BCUT2D eigenvalue weighted by atomic mass is 35.5. The summed E-state index contributed by atoms with van der Waals surface area (Å²) in [5.74, 6) is 0.913. The summed E-state index contributed by atoms with van der Waals surface area (Å²) in [7, 11) is 1.74. The van der Waals surface area contributed by atoms with Gasteiger partial charge in [0.05, 0.1) is 16.4 Å². The highest BCUT2D eigenvalue weighted by Crippen LogP contribution is 2.27. The molecule has 0 saturated heterocycles. The summed E-state index contributed by atoms with van der Waals surface area (Å²) in [6.07, 6.45) is 3.31. The predicted octanol–water partition coefficient (Wildman–Crippen LogP) is 4.81. The largest absolute Gasteiger partial charge is 0.385 e. The average molecular weight is 315 g/mol. The summed E-state index contributed by atoms with van der Waals surface area (Å²) < 4.78 is 7.27. The number of methoxy groups -OCH3 is 1. The van der Waals surface area contributed by atoms with E-state index in [-0.39, 0.29) is 5.38 Å². The molecule has 0 bridgehead atoms. The molecule has 0 fully saturated rings. The van der Waals surface area contributed by atoms with Crippen LogP contribution in [-0.2, 0) is 11.3 Å². The number of hydrogen-bond donors (Lipinski definition) is 0. The topological polar surface area (TPSA) is 27.1 Å². The summed E-state index contributed by atoms with van der Waals surface area (Å²) >= 11 is 12.3. The van der Waals surface area contributed by atoms with Crippen molar-refractivity contribution >= 4 is 34.2 Å². The molecule has 1 heterocycles. The van der Waals surface area contributed by atoms with Crippen LogP contribution in [0.1, 0.15) is 37.4 Å². The fourth-order valence-corrected chi connectivity index (χ4v) is 2.69. The predicted molar refractivity (Wildman–Crippen MR) is 84.7 cm³/mol. The van der Waals surface area contributed by atoms with Gasteiger partial charge in [-0.05, 0) is 44.4 Å². The first kappa shape index (κ1) is 15.6. The van der Waals surface area contributed by atoms with Crippen molar-refractivity contribution in [3.05, 3.63) is 29.0 Å². The van der Waals surface area contributed by atoms with E-state index in [0.29, 0.717) is 5.02 Å². The Morgan fingerprint density at radius 2 is 2.10 bits per heavy atom. The van der Waals surface area contributed by atoms with Gasteiger partial charge in [-0.1, -0.05) is 11.6 Å². The highest BCUT2D eigenvalue weighted by molar-refractivity contribution is 6.31. The van der Waals surface area contributed by atoms with Crippen molar-refractivity contribution in [1.29, 1.82) is 0 Å². The minimum Gasteiger partial charge on any atom is -0.385 e. The van der Waals surface area contributed by atoms with Gasteiger partial charge in [0.2, 0.25) is 0 Å². The number of hydrogen-bond acceptors (Lipinski definition) is 2. The van der Waals surface area contributed by atoms with Gasteiger partial charge in [0, 0.05) is 25.3 Å². The zero-order chi connectivity index (χ0) is 14.5. The molecular weight excluding hydrogens is 295 g/mol. The Morgan fingerprint density at radius 3 is 2.80 bits per heavy atom. The summed E-state index contributed by atoms with van der Waals surface area (Å²) in [6, 6.07) is 5.80. The minimum absolute atomic E-state index is 0.111. The van der Waals surface area contributed by atoms with Crippen LogP contribution in [0.2, 0.25) is 5.02 Å². The number of aromatic nitrogens is 2. The standard InChI is InChI=1S/C15H20Cl2N2O/c1-11(16)15-18-13-10-12(17)6-7-14(13)19(15)8-4-3-5-9-20-2/h6-7,10-11H,3-5,8-9H2,1-2H3. The number of nitrogens with zero attached hydrogens (tertiary/aromatic N) is 2. The van der Waals surface area contributed by atoms with Gasteiger partial charge in [0.25, 0.3) is 0 Å². The molecule has 110 valence electrons. The summed E-state index contributed by atoms with van der Waals surface area (Å²) in [5.41, 5.74) is 2.01. The van der Waals surface area contributed by atoms with Crippen LogP contribution in [0.25, 0.3) is 11.0 Å². The number of unbranched alkanes of at least 4 members (excludes halogenated alkanes) is 2. The molecule has 0 amide bonds. The van der Waals surface area contributed by atoms with Crippen LogP contribution < -0.4 is 0 Å². The lowest BCUT2D eigenvalue weighted by molar-refractivity contribution is 0.191. The van der Waals surface area contributed by atoms with E-state index < -0.39 is 0 Å². The Hall–Kier alpha value is -0.770. The lowest BCUT2D eigenvalue weighted by Gasteiger charge is -2.10. The molecule has 5 heteroatoms. The number of alkyl halides is 1. The average Bonchev–Trinajstić information content (AvgIpc) is 2.76. The molecular formula is C15H20Cl2N2O. The number of aryl methyl sites for hydroxylation is 1. The third-order valence-corrected chi connectivity index (χ3v) is 3.76. The Morgan fingerprint density at radius 1 is 1.30 bits per heavy atom. The van der Waals surface area contributed by atoms with E-state index in [4.69, 9.17) is 27.9 Å². The van der Waals surface area contributed by atoms with Crippen LogP contribution in [0.3, 0.4) is 0 Å². The van der Waals surface area contributed by atoms with Crippen LogP contribution in [-0.4, -0.2) is 23.3 Å². The number of rotatable bonds is 7. The first-order chi connectivity index (χ1) is 9.63. The third kappa shape index (κ3) is 3.66. The van der Waals surface area contributed by atoms with E-state index in [1.54, 1.807) is 7.11 Å². The summed E-state index contributed by atoms with van der Waals surface area (Å²) in [5, 5.41) is 0.594. The van der Waals surface area contributed by atoms with E-state index in [1.807, 2.05) is 25.1 Å². The first-order valence-electron chi connectivity index (χ1n) is 6.92. The number of benzene rings is 1. The van der Waals surface area contributed by atoms with E-state index >= 15 is 0 Å². The molecule has 1 aromatic heterocycles. The van der Waals surface area contributed by atoms with E-state index in [0.717, 1.165) is 49.3 Å². The van der Waals surface area contributed by atoms with Crippen molar-refractivity contribution in [3.63, 3.8) is 0 Å². The molecule has 0 aliphatic carbocycles. The Kier molecular flexibility index (Phi) is 5.70.